The predicted octanol–water partition coefficient (Wildman–Crippen LogP) is 1.88. The number of hydrogen-bond donors (Lipinski definition) is 1. The minimum Gasteiger partial charge on any atom is -0.388 e. The van der Waals surface area contributed by atoms with Gasteiger partial charge in [-0.3, -0.25) is 0 Å². The van der Waals surface area contributed by atoms with Crippen LogP contribution in [0, 0.1) is 5.82 Å². The van der Waals surface area contributed by atoms with Crippen molar-refractivity contribution in [3.63, 3.8) is 0 Å². The van der Waals surface area contributed by atoms with Gasteiger partial charge in [0.25, 0.3) is 0 Å². The second kappa shape index (κ2) is 7.20. The third-order valence-electron chi connectivity index (χ3n) is 4.27. The standard InChI is InChI=1S/C18H18FN7O/c1-2-4-13-15(21-11-25-17(13)23-16(10-27)24-25)9-12-6-8-22-26(12)18-14(19)5-3-7-20-18/h3,5-8,11,27H,2,4,9-10H2,1H3. The molecule has 4 heterocycles. The van der Waals surface area contributed by atoms with E-state index in [0.717, 1.165) is 29.8 Å². The van der Waals surface area contributed by atoms with E-state index in [-0.39, 0.29) is 12.4 Å². The van der Waals surface area contributed by atoms with Crippen LogP contribution in [0.2, 0.25) is 0 Å². The van der Waals surface area contributed by atoms with E-state index in [9.17, 15) is 9.50 Å². The minimum absolute atomic E-state index is 0.153. The summed E-state index contributed by atoms with van der Waals surface area (Å²) in [5, 5.41) is 17.7. The van der Waals surface area contributed by atoms with Crippen LogP contribution in [0.25, 0.3) is 11.5 Å². The summed E-state index contributed by atoms with van der Waals surface area (Å²) in [7, 11) is 0. The first-order valence-electron chi connectivity index (χ1n) is 8.68. The van der Waals surface area contributed by atoms with E-state index in [1.165, 1.54) is 16.9 Å². The second-order valence-corrected chi connectivity index (χ2v) is 6.09. The molecule has 4 rings (SSSR count). The minimum atomic E-state index is -0.440. The highest BCUT2D eigenvalue weighted by atomic mass is 19.1. The van der Waals surface area contributed by atoms with Gasteiger partial charge in [-0.1, -0.05) is 13.3 Å². The number of aliphatic hydroxyl groups is 1. The molecular formula is C18H18FN7O. The highest BCUT2D eigenvalue weighted by molar-refractivity contribution is 5.50. The molecule has 0 unspecified atom stereocenters. The van der Waals surface area contributed by atoms with Gasteiger partial charge in [-0.15, -0.1) is 5.10 Å². The third-order valence-corrected chi connectivity index (χ3v) is 4.27. The summed E-state index contributed by atoms with van der Waals surface area (Å²) in [5.74, 6) is 0.0669. The number of halogens is 1. The van der Waals surface area contributed by atoms with E-state index in [0.29, 0.717) is 17.9 Å². The monoisotopic (exact) mass is 367 g/mol. The van der Waals surface area contributed by atoms with Crippen molar-refractivity contribution in [2.45, 2.75) is 32.8 Å². The molecule has 0 aliphatic carbocycles. The van der Waals surface area contributed by atoms with Crippen molar-refractivity contribution >= 4 is 5.65 Å². The number of aromatic nitrogens is 7. The summed E-state index contributed by atoms with van der Waals surface area (Å²) in [6.45, 7) is 1.85. The Hall–Kier alpha value is -3.20. The van der Waals surface area contributed by atoms with E-state index in [1.54, 1.807) is 23.1 Å². The number of rotatable bonds is 6. The Morgan fingerprint density at radius 2 is 2.07 bits per heavy atom. The molecule has 0 aliphatic rings. The molecule has 0 atom stereocenters. The van der Waals surface area contributed by atoms with E-state index >= 15 is 0 Å². The van der Waals surface area contributed by atoms with Crippen molar-refractivity contribution in [3.05, 3.63) is 65.5 Å². The van der Waals surface area contributed by atoms with Crippen molar-refractivity contribution < 1.29 is 9.50 Å². The Morgan fingerprint density at radius 3 is 2.85 bits per heavy atom. The van der Waals surface area contributed by atoms with Gasteiger partial charge in [-0.25, -0.2) is 28.5 Å². The highest BCUT2D eigenvalue weighted by Crippen LogP contribution is 2.20. The molecule has 0 radical (unpaired) electrons. The second-order valence-electron chi connectivity index (χ2n) is 6.09. The van der Waals surface area contributed by atoms with Crippen LogP contribution in [0.3, 0.4) is 0 Å². The van der Waals surface area contributed by atoms with Crippen LogP contribution in [0.1, 0.15) is 36.1 Å². The zero-order valence-corrected chi connectivity index (χ0v) is 14.7. The highest BCUT2D eigenvalue weighted by Gasteiger charge is 2.17. The van der Waals surface area contributed by atoms with Crippen LogP contribution in [-0.2, 0) is 19.4 Å². The molecule has 0 amide bonds. The van der Waals surface area contributed by atoms with Crippen LogP contribution in [0.4, 0.5) is 4.39 Å². The fourth-order valence-electron chi connectivity index (χ4n) is 3.07. The Balaban J connectivity index is 1.78. The van der Waals surface area contributed by atoms with Crippen molar-refractivity contribution in [1.29, 1.82) is 0 Å². The molecule has 4 aromatic heterocycles. The van der Waals surface area contributed by atoms with E-state index in [2.05, 4.69) is 32.1 Å². The molecule has 0 bridgehead atoms. The average Bonchev–Trinajstić information content (AvgIpc) is 3.31. The summed E-state index contributed by atoms with van der Waals surface area (Å²) >= 11 is 0. The normalized spacial score (nSPS) is 11.4. The lowest BCUT2D eigenvalue weighted by Crippen LogP contribution is -2.10. The summed E-state index contributed by atoms with van der Waals surface area (Å²) in [6.07, 6.45) is 6.85. The maximum atomic E-state index is 14.1. The van der Waals surface area contributed by atoms with E-state index in [4.69, 9.17) is 0 Å². The number of pyridine rings is 1. The van der Waals surface area contributed by atoms with Crippen LogP contribution in [0.15, 0.2) is 36.9 Å². The van der Waals surface area contributed by atoms with E-state index in [1.807, 2.05) is 6.07 Å². The molecule has 9 heteroatoms. The SMILES string of the molecule is CCCc1c(Cc2ccnn2-c2ncccc2F)ncn2nc(CO)nc12. The molecule has 0 aromatic carbocycles. The van der Waals surface area contributed by atoms with Crippen LogP contribution in [-0.4, -0.2) is 39.5 Å². The molecule has 0 aliphatic heterocycles. The maximum Gasteiger partial charge on any atom is 0.189 e. The lowest BCUT2D eigenvalue weighted by Gasteiger charge is -2.11. The quantitative estimate of drug-likeness (QED) is 0.559. The lowest BCUT2D eigenvalue weighted by molar-refractivity contribution is 0.271. The summed E-state index contributed by atoms with van der Waals surface area (Å²) in [5.41, 5.74) is 3.23. The largest absolute Gasteiger partial charge is 0.388 e. The van der Waals surface area contributed by atoms with Gasteiger partial charge >= 0.3 is 0 Å². The zero-order valence-electron chi connectivity index (χ0n) is 14.7. The van der Waals surface area contributed by atoms with Crippen LogP contribution < -0.4 is 0 Å². The first-order chi connectivity index (χ1) is 13.2. The average molecular weight is 367 g/mol. The first-order valence-corrected chi connectivity index (χ1v) is 8.68. The van der Waals surface area contributed by atoms with Gasteiger partial charge in [0.1, 0.15) is 12.9 Å². The fourth-order valence-corrected chi connectivity index (χ4v) is 3.07. The van der Waals surface area contributed by atoms with Crippen LogP contribution in [0.5, 0.6) is 0 Å². The third kappa shape index (κ3) is 3.17. The number of fused-ring (bicyclic) bond motifs is 1. The Kier molecular flexibility index (Phi) is 4.59. The smallest absolute Gasteiger partial charge is 0.189 e. The topological polar surface area (TPSA) is 94.0 Å². The fraction of sp³-hybridized carbons (Fsp3) is 0.278. The number of nitrogens with zero attached hydrogens (tertiary/aromatic N) is 7. The molecule has 27 heavy (non-hydrogen) atoms. The maximum absolute atomic E-state index is 14.1. The predicted molar refractivity (Wildman–Crippen MR) is 94.8 cm³/mol. The Bertz CT molecular complexity index is 1090. The van der Waals surface area contributed by atoms with Crippen molar-refractivity contribution in [3.8, 4) is 5.82 Å². The van der Waals surface area contributed by atoms with Crippen LogP contribution >= 0.6 is 0 Å². The number of aliphatic hydroxyl groups excluding tert-OH is 1. The molecule has 8 nitrogen and oxygen atoms in total. The molecule has 0 saturated heterocycles. The van der Waals surface area contributed by atoms with Gasteiger partial charge in [0.05, 0.1) is 11.4 Å². The summed E-state index contributed by atoms with van der Waals surface area (Å²) in [6, 6.07) is 4.72. The van der Waals surface area contributed by atoms with Gasteiger partial charge in [-0.05, 0) is 24.6 Å². The zero-order chi connectivity index (χ0) is 18.8. The van der Waals surface area contributed by atoms with Gasteiger partial charge in [0.15, 0.2) is 23.1 Å². The molecule has 4 aromatic rings. The van der Waals surface area contributed by atoms with E-state index < -0.39 is 5.82 Å². The van der Waals surface area contributed by atoms with Gasteiger partial charge in [0.2, 0.25) is 0 Å². The molecule has 0 spiro atoms. The molecular weight excluding hydrogens is 349 g/mol. The van der Waals surface area contributed by atoms with Gasteiger partial charge in [0, 0.05) is 24.4 Å². The molecule has 138 valence electrons. The van der Waals surface area contributed by atoms with Gasteiger partial charge in [-0.2, -0.15) is 5.10 Å². The van der Waals surface area contributed by atoms with Crippen molar-refractivity contribution in [2.24, 2.45) is 0 Å². The molecule has 0 fully saturated rings. The van der Waals surface area contributed by atoms with Gasteiger partial charge < -0.3 is 5.11 Å². The van der Waals surface area contributed by atoms with Crippen molar-refractivity contribution in [2.75, 3.05) is 0 Å². The number of hydrogen-bond acceptors (Lipinski definition) is 6. The molecule has 1 N–H and O–H groups in total. The first kappa shape index (κ1) is 17.2. The lowest BCUT2D eigenvalue weighted by atomic mass is 10.1. The summed E-state index contributed by atoms with van der Waals surface area (Å²) < 4.78 is 17.2. The van der Waals surface area contributed by atoms with Crippen molar-refractivity contribution in [1.82, 2.24) is 34.3 Å². The molecule has 0 saturated carbocycles. The Labute approximate surface area is 154 Å². The summed E-state index contributed by atoms with van der Waals surface area (Å²) in [4.78, 5) is 13.0. The number of aryl methyl sites for hydroxylation is 1. The Morgan fingerprint density at radius 1 is 1.19 bits per heavy atom.